The number of nitriles is 1. The van der Waals surface area contributed by atoms with E-state index in [2.05, 4.69) is 15.0 Å². The molecule has 0 unspecified atom stereocenters. The van der Waals surface area contributed by atoms with Gasteiger partial charge >= 0.3 is 6.36 Å². The number of aromatic nitrogens is 3. The summed E-state index contributed by atoms with van der Waals surface area (Å²) in [6.45, 7) is 0. The summed E-state index contributed by atoms with van der Waals surface area (Å²) in [6, 6.07) is 10.1. The average molecular weight is 545 g/mol. The van der Waals surface area contributed by atoms with Crippen LogP contribution in [0.2, 0.25) is 0 Å². The van der Waals surface area contributed by atoms with Crippen molar-refractivity contribution in [3.63, 3.8) is 0 Å². The van der Waals surface area contributed by atoms with Crippen molar-refractivity contribution < 1.29 is 36.2 Å². The smallest absolute Gasteiger partial charge is 0.497 e. The third-order valence-electron chi connectivity index (χ3n) is 5.46. The molecule has 14 heteroatoms. The Morgan fingerprint density at radius 3 is 2.28 bits per heavy atom. The molecule has 2 aromatic heterocycles. The first-order valence-corrected chi connectivity index (χ1v) is 10.8. The molecule has 1 amide bonds. The maximum absolute atomic E-state index is 15.1. The first kappa shape index (κ1) is 26.9. The Kier molecular flexibility index (Phi) is 7.09. The first-order valence-electron chi connectivity index (χ1n) is 10.8. The van der Waals surface area contributed by atoms with Gasteiger partial charge in [-0.1, -0.05) is 0 Å². The van der Waals surface area contributed by atoms with Gasteiger partial charge in [0.2, 0.25) is 0 Å². The molecule has 2 aromatic carbocycles. The number of hydrogen-bond donors (Lipinski definition) is 1. The molecule has 2 heterocycles. The lowest BCUT2D eigenvalue weighted by Gasteiger charge is -2.13. The van der Waals surface area contributed by atoms with Gasteiger partial charge in [-0.3, -0.25) is 14.3 Å². The monoisotopic (exact) mass is 545 g/mol. The van der Waals surface area contributed by atoms with Gasteiger partial charge in [0.25, 0.3) is 11.5 Å². The van der Waals surface area contributed by atoms with Gasteiger partial charge in [0, 0.05) is 30.9 Å². The Labute approximate surface area is 216 Å². The molecule has 0 aliphatic carbocycles. The van der Waals surface area contributed by atoms with Gasteiger partial charge in [0.1, 0.15) is 46.3 Å². The molecule has 200 valence electrons. The SMILES string of the molecule is COc1cc(F)c(-c2c(NC(=O)c3ccc(OC(F)(F)F)cc3)c(=O)n(-c3cccnc3C#N)n2C)c(F)c1. The minimum absolute atomic E-state index is 0.0442. The van der Waals surface area contributed by atoms with E-state index in [4.69, 9.17) is 4.74 Å². The van der Waals surface area contributed by atoms with Crippen molar-refractivity contribution in [2.45, 2.75) is 6.36 Å². The summed E-state index contributed by atoms with van der Waals surface area (Å²) >= 11 is 0. The Bertz CT molecular complexity index is 1650. The lowest BCUT2D eigenvalue weighted by Crippen LogP contribution is -2.24. The van der Waals surface area contributed by atoms with E-state index in [0.29, 0.717) is 0 Å². The van der Waals surface area contributed by atoms with Crippen molar-refractivity contribution in [3.8, 4) is 34.5 Å². The first-order chi connectivity index (χ1) is 18.4. The molecule has 0 aliphatic heterocycles. The van der Waals surface area contributed by atoms with E-state index in [1.807, 2.05) is 6.07 Å². The molecular weight excluding hydrogens is 529 g/mol. The van der Waals surface area contributed by atoms with Gasteiger partial charge < -0.3 is 14.8 Å². The Morgan fingerprint density at radius 2 is 1.72 bits per heavy atom. The third kappa shape index (κ3) is 5.28. The number of carbonyl (C=O) groups is 1. The maximum atomic E-state index is 15.1. The van der Waals surface area contributed by atoms with Crippen LogP contribution >= 0.6 is 0 Å². The van der Waals surface area contributed by atoms with Crippen molar-refractivity contribution >= 4 is 11.6 Å². The average Bonchev–Trinajstić information content (AvgIpc) is 3.11. The molecule has 39 heavy (non-hydrogen) atoms. The predicted molar refractivity (Wildman–Crippen MR) is 127 cm³/mol. The zero-order valence-corrected chi connectivity index (χ0v) is 20.0. The second kappa shape index (κ2) is 10.3. The number of ether oxygens (including phenoxy) is 2. The highest BCUT2D eigenvalue weighted by Crippen LogP contribution is 2.34. The van der Waals surface area contributed by atoms with Crippen LogP contribution in [0.3, 0.4) is 0 Å². The van der Waals surface area contributed by atoms with E-state index in [1.54, 1.807) is 0 Å². The molecule has 0 spiro atoms. The lowest BCUT2D eigenvalue weighted by molar-refractivity contribution is -0.274. The normalized spacial score (nSPS) is 11.1. The third-order valence-corrected chi connectivity index (χ3v) is 5.46. The maximum Gasteiger partial charge on any atom is 0.573 e. The van der Waals surface area contributed by atoms with E-state index in [-0.39, 0.29) is 22.7 Å². The lowest BCUT2D eigenvalue weighted by atomic mass is 10.1. The summed E-state index contributed by atoms with van der Waals surface area (Å²) in [6.07, 6.45) is -3.65. The molecule has 4 aromatic rings. The van der Waals surface area contributed by atoms with Crippen LogP contribution in [0, 0.1) is 23.0 Å². The predicted octanol–water partition coefficient (Wildman–Crippen LogP) is 4.55. The van der Waals surface area contributed by atoms with Crippen molar-refractivity contribution in [2.24, 2.45) is 7.05 Å². The van der Waals surface area contributed by atoms with Crippen molar-refractivity contribution in [1.82, 2.24) is 14.3 Å². The van der Waals surface area contributed by atoms with Crippen LogP contribution < -0.4 is 20.3 Å². The highest BCUT2D eigenvalue weighted by molar-refractivity contribution is 6.06. The second-order valence-electron chi connectivity index (χ2n) is 7.84. The van der Waals surface area contributed by atoms with Gasteiger partial charge in [-0.2, -0.15) is 5.26 Å². The number of amides is 1. The fourth-order valence-electron chi connectivity index (χ4n) is 3.82. The molecule has 0 radical (unpaired) electrons. The number of benzene rings is 2. The fourth-order valence-corrected chi connectivity index (χ4v) is 3.82. The molecule has 0 bridgehead atoms. The van der Waals surface area contributed by atoms with Gasteiger partial charge in [0.05, 0.1) is 12.7 Å². The molecular formula is C25H16F5N5O4. The number of nitrogens with one attached hydrogen (secondary N) is 1. The van der Waals surface area contributed by atoms with Crippen LogP contribution in [-0.2, 0) is 7.05 Å². The molecule has 0 saturated carbocycles. The van der Waals surface area contributed by atoms with E-state index in [1.165, 1.54) is 32.5 Å². The number of halogens is 5. The number of rotatable bonds is 6. The van der Waals surface area contributed by atoms with Gasteiger partial charge in [-0.25, -0.2) is 18.4 Å². The highest BCUT2D eigenvalue weighted by atomic mass is 19.4. The summed E-state index contributed by atoms with van der Waals surface area (Å²) in [4.78, 5) is 30.4. The minimum Gasteiger partial charge on any atom is -0.497 e. The zero-order chi connectivity index (χ0) is 28.5. The second-order valence-corrected chi connectivity index (χ2v) is 7.84. The van der Waals surface area contributed by atoms with Gasteiger partial charge in [-0.05, 0) is 36.4 Å². The largest absolute Gasteiger partial charge is 0.573 e. The van der Waals surface area contributed by atoms with Crippen LogP contribution in [0.4, 0.5) is 27.6 Å². The number of hydrogen-bond acceptors (Lipinski definition) is 6. The van der Waals surface area contributed by atoms with Crippen LogP contribution in [0.15, 0.2) is 59.5 Å². The number of carbonyl (C=O) groups excluding carboxylic acids is 1. The number of nitrogens with zero attached hydrogens (tertiary/aromatic N) is 4. The standard InChI is InChI=1S/C25H16F5N5O4/c1-34-22(20-16(26)10-15(38-2)11-17(20)27)21(24(37)35(34)19-4-3-9-32-18(19)12-31)33-23(36)13-5-7-14(8-6-13)39-25(28,29)30/h3-11H,1-2H3,(H,33,36). The molecule has 0 saturated heterocycles. The van der Waals surface area contributed by atoms with E-state index < -0.39 is 52.2 Å². The van der Waals surface area contributed by atoms with Crippen LogP contribution in [0.1, 0.15) is 16.1 Å². The van der Waals surface area contributed by atoms with E-state index in [9.17, 15) is 28.0 Å². The topological polar surface area (TPSA) is 111 Å². The number of pyridine rings is 1. The molecule has 9 nitrogen and oxygen atoms in total. The highest BCUT2D eigenvalue weighted by Gasteiger charge is 2.31. The molecule has 1 N–H and O–H groups in total. The Hall–Kier alpha value is -5.19. The Balaban J connectivity index is 1.88. The fraction of sp³-hybridized carbons (Fsp3) is 0.120. The van der Waals surface area contributed by atoms with Crippen LogP contribution in [0.25, 0.3) is 16.9 Å². The quantitative estimate of drug-likeness (QED) is 0.356. The molecule has 0 aliphatic rings. The minimum atomic E-state index is -4.95. The van der Waals surface area contributed by atoms with E-state index >= 15 is 8.78 Å². The van der Waals surface area contributed by atoms with E-state index in [0.717, 1.165) is 45.8 Å². The van der Waals surface area contributed by atoms with Gasteiger partial charge in [0.15, 0.2) is 5.69 Å². The molecule has 4 rings (SSSR count). The summed E-state index contributed by atoms with van der Waals surface area (Å²) in [7, 11) is 2.47. The summed E-state index contributed by atoms with van der Waals surface area (Å²) in [5, 5.41) is 11.8. The number of anilines is 1. The summed E-state index contributed by atoms with van der Waals surface area (Å²) in [5.41, 5.74) is -3.08. The summed E-state index contributed by atoms with van der Waals surface area (Å²) < 4.78 is 78.2. The number of methoxy groups -OCH3 is 1. The molecule has 0 atom stereocenters. The molecule has 0 fully saturated rings. The number of alkyl halides is 3. The van der Waals surface area contributed by atoms with Gasteiger partial charge in [-0.15, -0.1) is 13.2 Å². The Morgan fingerprint density at radius 1 is 1.08 bits per heavy atom. The van der Waals surface area contributed by atoms with Crippen LogP contribution in [0.5, 0.6) is 11.5 Å². The summed E-state index contributed by atoms with van der Waals surface area (Å²) in [5.74, 6) is -3.98. The zero-order valence-electron chi connectivity index (χ0n) is 20.0. The van der Waals surface area contributed by atoms with Crippen molar-refractivity contribution in [3.05, 3.63) is 88.0 Å². The van der Waals surface area contributed by atoms with Crippen LogP contribution in [-0.4, -0.2) is 33.7 Å². The van der Waals surface area contributed by atoms with Crippen molar-refractivity contribution in [2.75, 3.05) is 12.4 Å². The van der Waals surface area contributed by atoms with Crippen molar-refractivity contribution in [1.29, 1.82) is 5.26 Å².